The number of benzene rings is 2. The van der Waals surface area contributed by atoms with Crippen molar-refractivity contribution in [1.82, 2.24) is 9.88 Å². The van der Waals surface area contributed by atoms with E-state index in [1.165, 1.54) is 4.88 Å². The molecule has 2 aromatic carbocycles. The maximum absolute atomic E-state index is 13.7. The van der Waals surface area contributed by atoms with Crippen LogP contribution in [0.25, 0.3) is 21.5 Å². The first kappa shape index (κ1) is 21.0. The summed E-state index contributed by atoms with van der Waals surface area (Å²) in [6, 6.07) is 20.2. The lowest BCUT2D eigenvalue weighted by Gasteiger charge is -2.36. The number of aryl methyl sites for hydroxylation is 2. The maximum atomic E-state index is 13.7. The number of carbonyl (C=O) groups is 1. The Balaban J connectivity index is 1.46. The predicted molar refractivity (Wildman–Crippen MR) is 134 cm³/mol. The van der Waals surface area contributed by atoms with Gasteiger partial charge in [-0.3, -0.25) is 4.79 Å². The average Bonchev–Trinajstić information content (AvgIpc) is 3.24. The van der Waals surface area contributed by atoms with Gasteiger partial charge in [0.25, 0.3) is 5.91 Å². The topological polar surface area (TPSA) is 36.4 Å². The maximum Gasteiger partial charge on any atom is 0.254 e. The summed E-state index contributed by atoms with van der Waals surface area (Å²) in [5.74, 6) is 0.0725. The number of anilines is 1. The van der Waals surface area contributed by atoms with Crippen LogP contribution in [0.3, 0.4) is 0 Å². The van der Waals surface area contributed by atoms with Crippen LogP contribution in [0.5, 0.6) is 0 Å². The summed E-state index contributed by atoms with van der Waals surface area (Å²) >= 11 is 7.86. The van der Waals surface area contributed by atoms with Crippen LogP contribution in [-0.4, -0.2) is 42.0 Å². The third-order valence-electron chi connectivity index (χ3n) is 5.93. The lowest BCUT2D eigenvalue weighted by molar-refractivity contribution is 0.0748. The fourth-order valence-electron chi connectivity index (χ4n) is 4.23. The molecule has 0 spiro atoms. The molecule has 1 amide bonds. The minimum absolute atomic E-state index is 0.0725. The largest absolute Gasteiger partial charge is 0.368 e. The molecule has 1 aliphatic heterocycles. The van der Waals surface area contributed by atoms with Gasteiger partial charge in [0.15, 0.2) is 0 Å². The van der Waals surface area contributed by atoms with Gasteiger partial charge >= 0.3 is 0 Å². The second-order valence-corrected chi connectivity index (χ2v) is 9.97. The Hall–Kier alpha value is -2.89. The number of aromatic nitrogens is 1. The standard InChI is InChI=1S/C26H24ClN3OS/c1-17-6-8-23-21(14-17)22(16-24(28-23)25-9-7-18(2)32-25)26(31)30-12-10-29(11-13-30)20-5-3-4-19(27)15-20/h3-9,14-16H,10-13H2,1-2H3. The molecule has 0 bridgehead atoms. The number of piperazine rings is 1. The molecule has 2 aromatic heterocycles. The highest BCUT2D eigenvalue weighted by atomic mass is 35.5. The van der Waals surface area contributed by atoms with E-state index in [4.69, 9.17) is 16.6 Å². The molecule has 1 saturated heterocycles. The van der Waals surface area contributed by atoms with E-state index in [9.17, 15) is 4.79 Å². The van der Waals surface area contributed by atoms with Gasteiger partial charge in [0.1, 0.15) is 0 Å². The molecular formula is C26H24ClN3OS. The molecule has 1 aliphatic rings. The first-order valence-corrected chi connectivity index (χ1v) is 12.0. The van der Waals surface area contributed by atoms with Crippen molar-refractivity contribution in [2.75, 3.05) is 31.1 Å². The van der Waals surface area contributed by atoms with Crippen LogP contribution in [0.4, 0.5) is 5.69 Å². The number of hydrogen-bond donors (Lipinski definition) is 0. The summed E-state index contributed by atoms with van der Waals surface area (Å²) in [5, 5.41) is 1.65. The fourth-order valence-corrected chi connectivity index (χ4v) is 5.24. The number of carbonyl (C=O) groups excluding carboxylic acids is 1. The van der Waals surface area contributed by atoms with Gasteiger partial charge in [-0.1, -0.05) is 29.3 Å². The Labute approximate surface area is 197 Å². The van der Waals surface area contributed by atoms with Crippen molar-refractivity contribution in [3.63, 3.8) is 0 Å². The summed E-state index contributed by atoms with van der Waals surface area (Å²) in [6.45, 7) is 7.05. The first-order valence-electron chi connectivity index (χ1n) is 10.8. The van der Waals surface area contributed by atoms with Crippen molar-refractivity contribution in [3.8, 4) is 10.6 Å². The molecule has 3 heterocycles. The van der Waals surface area contributed by atoms with Crippen LogP contribution in [0.2, 0.25) is 5.02 Å². The highest BCUT2D eigenvalue weighted by Crippen LogP contribution is 2.31. The molecule has 5 rings (SSSR count). The Morgan fingerprint density at radius 1 is 0.969 bits per heavy atom. The normalized spacial score (nSPS) is 14.2. The summed E-state index contributed by atoms with van der Waals surface area (Å²) in [4.78, 5) is 25.1. The van der Waals surface area contributed by atoms with Crippen LogP contribution in [0, 0.1) is 13.8 Å². The molecule has 4 nitrogen and oxygen atoms in total. The highest BCUT2D eigenvalue weighted by Gasteiger charge is 2.25. The zero-order chi connectivity index (χ0) is 22.2. The number of halogens is 1. The van der Waals surface area contributed by atoms with Crippen LogP contribution in [0.1, 0.15) is 20.8 Å². The summed E-state index contributed by atoms with van der Waals surface area (Å²) in [5.41, 5.74) is 4.68. The van der Waals surface area contributed by atoms with Gasteiger partial charge in [0.05, 0.1) is 21.7 Å². The molecule has 1 fully saturated rings. The van der Waals surface area contributed by atoms with Crippen molar-refractivity contribution in [3.05, 3.63) is 81.7 Å². The van der Waals surface area contributed by atoms with Gasteiger partial charge in [0, 0.05) is 47.2 Å². The number of hydrogen-bond acceptors (Lipinski definition) is 4. The average molecular weight is 462 g/mol. The van der Waals surface area contributed by atoms with E-state index >= 15 is 0 Å². The SMILES string of the molecule is Cc1ccc2nc(-c3ccc(C)s3)cc(C(=O)N3CCN(c4cccc(Cl)c4)CC3)c2c1. The van der Waals surface area contributed by atoms with Crippen LogP contribution >= 0.6 is 22.9 Å². The molecule has 6 heteroatoms. The number of pyridine rings is 1. The molecule has 0 radical (unpaired) electrons. The van der Waals surface area contributed by atoms with Gasteiger partial charge in [-0.15, -0.1) is 11.3 Å². The molecule has 162 valence electrons. The molecule has 4 aromatic rings. The highest BCUT2D eigenvalue weighted by molar-refractivity contribution is 7.15. The lowest BCUT2D eigenvalue weighted by Crippen LogP contribution is -2.48. The van der Waals surface area contributed by atoms with E-state index in [0.717, 1.165) is 56.4 Å². The molecule has 0 unspecified atom stereocenters. The Bertz CT molecular complexity index is 1310. The number of fused-ring (bicyclic) bond motifs is 1. The van der Waals surface area contributed by atoms with Crippen molar-refractivity contribution in [2.45, 2.75) is 13.8 Å². The van der Waals surface area contributed by atoms with Crippen molar-refractivity contribution in [1.29, 1.82) is 0 Å². The summed E-state index contributed by atoms with van der Waals surface area (Å²) in [6.07, 6.45) is 0. The molecule has 32 heavy (non-hydrogen) atoms. The van der Waals surface area contributed by atoms with E-state index < -0.39 is 0 Å². The number of amides is 1. The zero-order valence-electron chi connectivity index (χ0n) is 18.1. The minimum atomic E-state index is 0.0725. The van der Waals surface area contributed by atoms with Gasteiger partial charge in [-0.2, -0.15) is 0 Å². The molecule has 0 saturated carbocycles. The Morgan fingerprint density at radius 3 is 2.50 bits per heavy atom. The van der Waals surface area contributed by atoms with Gasteiger partial charge in [-0.05, 0) is 62.4 Å². The van der Waals surface area contributed by atoms with E-state index in [-0.39, 0.29) is 5.91 Å². The third kappa shape index (κ3) is 4.10. The summed E-state index contributed by atoms with van der Waals surface area (Å²) in [7, 11) is 0. The number of nitrogens with zero attached hydrogens (tertiary/aromatic N) is 3. The van der Waals surface area contributed by atoms with Gasteiger partial charge in [-0.25, -0.2) is 4.98 Å². The third-order valence-corrected chi connectivity index (χ3v) is 7.19. The first-order chi connectivity index (χ1) is 15.5. The molecular weight excluding hydrogens is 438 g/mol. The van der Waals surface area contributed by atoms with Crippen LogP contribution in [-0.2, 0) is 0 Å². The number of thiophene rings is 1. The lowest BCUT2D eigenvalue weighted by atomic mass is 10.0. The molecule has 0 atom stereocenters. The summed E-state index contributed by atoms with van der Waals surface area (Å²) < 4.78 is 0. The Kier molecular flexibility index (Phi) is 5.62. The quantitative estimate of drug-likeness (QED) is 0.364. The second kappa shape index (κ2) is 8.57. The second-order valence-electron chi connectivity index (χ2n) is 8.25. The number of rotatable bonds is 3. The monoisotopic (exact) mass is 461 g/mol. The molecule has 0 N–H and O–H groups in total. The minimum Gasteiger partial charge on any atom is -0.368 e. The van der Waals surface area contributed by atoms with Crippen LogP contribution < -0.4 is 4.90 Å². The van der Waals surface area contributed by atoms with E-state index in [1.54, 1.807) is 11.3 Å². The Morgan fingerprint density at radius 2 is 1.78 bits per heavy atom. The zero-order valence-corrected chi connectivity index (χ0v) is 19.7. The van der Waals surface area contributed by atoms with Gasteiger partial charge in [0.2, 0.25) is 0 Å². The molecule has 0 aliphatic carbocycles. The van der Waals surface area contributed by atoms with Crippen LogP contribution in [0.15, 0.2) is 60.7 Å². The smallest absolute Gasteiger partial charge is 0.254 e. The van der Waals surface area contributed by atoms with E-state index in [1.807, 2.05) is 42.2 Å². The van der Waals surface area contributed by atoms with Gasteiger partial charge < -0.3 is 9.80 Å². The van der Waals surface area contributed by atoms with E-state index in [2.05, 4.69) is 42.2 Å². The van der Waals surface area contributed by atoms with E-state index in [0.29, 0.717) is 13.1 Å². The predicted octanol–water partition coefficient (Wildman–Crippen LogP) is 6.20. The fraction of sp³-hybridized carbons (Fsp3) is 0.231. The van der Waals surface area contributed by atoms with Crippen molar-refractivity contribution in [2.24, 2.45) is 0 Å². The van der Waals surface area contributed by atoms with Crippen molar-refractivity contribution < 1.29 is 4.79 Å². The van der Waals surface area contributed by atoms with Crippen molar-refractivity contribution >= 4 is 45.4 Å².